The summed E-state index contributed by atoms with van der Waals surface area (Å²) in [6.07, 6.45) is 9.08. The predicted octanol–water partition coefficient (Wildman–Crippen LogP) is 2.89. The molecule has 2 aliphatic carbocycles. The molecule has 0 aromatic carbocycles. The van der Waals surface area contributed by atoms with Crippen LogP contribution in [0.2, 0.25) is 0 Å². The summed E-state index contributed by atoms with van der Waals surface area (Å²) in [4.78, 5) is 0. The SMILES string of the molecule is C[C@]12CC=C[C@](C)(CCC1)[C@]2(C)O. The lowest BCUT2D eigenvalue weighted by atomic mass is 9.50. The van der Waals surface area contributed by atoms with Gasteiger partial charge in [0.2, 0.25) is 0 Å². The van der Waals surface area contributed by atoms with Crippen molar-refractivity contribution in [3.63, 3.8) is 0 Å². The molecule has 13 heavy (non-hydrogen) atoms. The second-order valence-corrected chi connectivity index (χ2v) is 5.51. The van der Waals surface area contributed by atoms with Gasteiger partial charge in [-0.05, 0) is 26.2 Å². The molecule has 0 aromatic rings. The highest BCUT2D eigenvalue weighted by Gasteiger charge is 2.57. The Balaban J connectivity index is 2.50. The van der Waals surface area contributed by atoms with Crippen LogP contribution in [0.3, 0.4) is 0 Å². The lowest BCUT2D eigenvalue weighted by Gasteiger charge is -2.58. The van der Waals surface area contributed by atoms with E-state index in [-0.39, 0.29) is 10.8 Å². The smallest absolute Gasteiger partial charge is 0.0763 e. The molecule has 1 nitrogen and oxygen atoms in total. The van der Waals surface area contributed by atoms with E-state index in [0.29, 0.717) is 0 Å². The van der Waals surface area contributed by atoms with E-state index >= 15 is 0 Å². The average molecular weight is 180 g/mol. The van der Waals surface area contributed by atoms with Crippen LogP contribution in [0.4, 0.5) is 0 Å². The van der Waals surface area contributed by atoms with E-state index in [2.05, 4.69) is 26.0 Å². The normalized spacial score (nSPS) is 55.1. The molecule has 2 aliphatic rings. The van der Waals surface area contributed by atoms with E-state index in [9.17, 15) is 5.11 Å². The molecule has 0 aromatic heterocycles. The van der Waals surface area contributed by atoms with E-state index in [1.165, 1.54) is 12.8 Å². The average Bonchev–Trinajstić information content (AvgIpc) is 1.97. The lowest BCUT2D eigenvalue weighted by Crippen LogP contribution is -2.59. The molecule has 3 atom stereocenters. The van der Waals surface area contributed by atoms with Crippen molar-refractivity contribution in [2.75, 3.05) is 0 Å². The maximum absolute atomic E-state index is 10.6. The number of hydrogen-bond donors (Lipinski definition) is 1. The standard InChI is InChI=1S/C12H20O/c1-10-6-4-8-11(2,9-5-7-10)12(10,3)13/h4,6,13H,5,7-9H2,1-3H3/t10-,11+,12+/m1/s1. The van der Waals surface area contributed by atoms with Gasteiger partial charge in [0.15, 0.2) is 0 Å². The van der Waals surface area contributed by atoms with Crippen molar-refractivity contribution in [1.82, 2.24) is 0 Å². The predicted molar refractivity (Wildman–Crippen MR) is 54.4 cm³/mol. The minimum atomic E-state index is -0.521. The summed E-state index contributed by atoms with van der Waals surface area (Å²) in [5.74, 6) is 0. The maximum Gasteiger partial charge on any atom is 0.0763 e. The van der Waals surface area contributed by atoms with Gasteiger partial charge in [0.05, 0.1) is 5.60 Å². The molecule has 2 rings (SSSR count). The fraction of sp³-hybridized carbons (Fsp3) is 0.833. The van der Waals surface area contributed by atoms with Gasteiger partial charge in [-0.25, -0.2) is 0 Å². The quantitative estimate of drug-likeness (QED) is 0.568. The van der Waals surface area contributed by atoms with Gasteiger partial charge < -0.3 is 5.11 Å². The van der Waals surface area contributed by atoms with Gasteiger partial charge in [-0.2, -0.15) is 0 Å². The van der Waals surface area contributed by atoms with Gasteiger partial charge in [-0.15, -0.1) is 0 Å². The highest BCUT2D eigenvalue weighted by molar-refractivity contribution is 5.20. The van der Waals surface area contributed by atoms with Crippen molar-refractivity contribution in [1.29, 1.82) is 0 Å². The summed E-state index contributed by atoms with van der Waals surface area (Å²) >= 11 is 0. The molecule has 1 fully saturated rings. The van der Waals surface area contributed by atoms with Crippen LogP contribution in [0, 0.1) is 10.8 Å². The zero-order chi connectivity index (χ0) is 9.74. The van der Waals surface area contributed by atoms with Crippen LogP contribution >= 0.6 is 0 Å². The van der Waals surface area contributed by atoms with Crippen LogP contribution in [0.5, 0.6) is 0 Å². The van der Waals surface area contributed by atoms with Gasteiger partial charge in [0, 0.05) is 10.8 Å². The largest absolute Gasteiger partial charge is 0.389 e. The summed E-state index contributed by atoms with van der Waals surface area (Å²) in [5.41, 5.74) is -0.403. The van der Waals surface area contributed by atoms with Gasteiger partial charge in [0.1, 0.15) is 0 Å². The summed E-state index contributed by atoms with van der Waals surface area (Å²) in [7, 11) is 0. The molecule has 74 valence electrons. The Morgan fingerprint density at radius 2 is 1.85 bits per heavy atom. The van der Waals surface area contributed by atoms with Crippen LogP contribution in [-0.4, -0.2) is 10.7 Å². The lowest BCUT2D eigenvalue weighted by molar-refractivity contribution is -0.164. The van der Waals surface area contributed by atoms with E-state index < -0.39 is 5.60 Å². The van der Waals surface area contributed by atoms with Crippen molar-refractivity contribution in [3.05, 3.63) is 12.2 Å². The minimum Gasteiger partial charge on any atom is -0.389 e. The van der Waals surface area contributed by atoms with Crippen molar-refractivity contribution in [2.24, 2.45) is 10.8 Å². The molecule has 1 N–H and O–H groups in total. The minimum absolute atomic E-state index is 0.0122. The van der Waals surface area contributed by atoms with Gasteiger partial charge in [-0.3, -0.25) is 0 Å². The zero-order valence-electron chi connectivity index (χ0n) is 8.93. The van der Waals surface area contributed by atoms with E-state index in [4.69, 9.17) is 0 Å². The van der Waals surface area contributed by atoms with Gasteiger partial charge >= 0.3 is 0 Å². The molecule has 0 unspecified atom stereocenters. The Labute approximate surface area is 80.8 Å². The second-order valence-electron chi connectivity index (χ2n) is 5.51. The first-order valence-corrected chi connectivity index (χ1v) is 5.31. The number of rotatable bonds is 0. The first-order valence-electron chi connectivity index (χ1n) is 5.31. The molecular formula is C12H20O. The molecule has 1 heteroatoms. The number of aliphatic hydroxyl groups is 1. The first-order chi connectivity index (χ1) is 5.91. The Bertz CT molecular complexity index is 254. The fourth-order valence-electron chi connectivity index (χ4n) is 3.15. The van der Waals surface area contributed by atoms with Gasteiger partial charge in [-0.1, -0.05) is 32.4 Å². The third-order valence-electron chi connectivity index (χ3n) is 4.77. The van der Waals surface area contributed by atoms with Crippen LogP contribution in [0.25, 0.3) is 0 Å². The van der Waals surface area contributed by atoms with Crippen molar-refractivity contribution in [2.45, 2.75) is 52.1 Å². The van der Waals surface area contributed by atoms with Crippen molar-refractivity contribution in [3.8, 4) is 0 Å². The molecule has 2 bridgehead atoms. The van der Waals surface area contributed by atoms with E-state index in [1.54, 1.807) is 0 Å². The van der Waals surface area contributed by atoms with Crippen molar-refractivity contribution >= 4 is 0 Å². The molecule has 0 amide bonds. The maximum atomic E-state index is 10.6. The summed E-state index contributed by atoms with van der Waals surface area (Å²) in [6, 6.07) is 0. The van der Waals surface area contributed by atoms with Crippen LogP contribution in [0.15, 0.2) is 12.2 Å². The fourth-order valence-corrected chi connectivity index (χ4v) is 3.15. The Morgan fingerprint density at radius 3 is 2.38 bits per heavy atom. The summed E-state index contributed by atoms with van der Waals surface area (Å²) in [6.45, 7) is 6.45. The number of allylic oxidation sites excluding steroid dienone is 1. The molecule has 0 saturated heterocycles. The second kappa shape index (κ2) is 2.38. The molecular weight excluding hydrogens is 160 g/mol. The molecule has 0 aliphatic heterocycles. The first kappa shape index (κ1) is 9.26. The monoisotopic (exact) mass is 180 g/mol. The van der Waals surface area contributed by atoms with E-state index in [1.807, 2.05) is 6.92 Å². The topological polar surface area (TPSA) is 20.2 Å². The summed E-state index contributed by atoms with van der Waals surface area (Å²) in [5, 5.41) is 10.6. The summed E-state index contributed by atoms with van der Waals surface area (Å²) < 4.78 is 0. The number of fused-ring (bicyclic) bond motifs is 2. The highest BCUT2D eigenvalue weighted by atomic mass is 16.3. The molecule has 0 spiro atoms. The third kappa shape index (κ3) is 0.969. The Kier molecular flexibility index (Phi) is 1.70. The zero-order valence-corrected chi connectivity index (χ0v) is 8.93. The Morgan fingerprint density at radius 1 is 1.15 bits per heavy atom. The highest BCUT2D eigenvalue weighted by Crippen LogP contribution is 2.58. The molecule has 0 heterocycles. The van der Waals surface area contributed by atoms with Gasteiger partial charge in [0.25, 0.3) is 0 Å². The third-order valence-corrected chi connectivity index (χ3v) is 4.77. The van der Waals surface area contributed by atoms with Crippen LogP contribution in [0.1, 0.15) is 46.5 Å². The van der Waals surface area contributed by atoms with Crippen LogP contribution < -0.4 is 0 Å². The number of hydrogen-bond acceptors (Lipinski definition) is 1. The molecule has 0 radical (unpaired) electrons. The van der Waals surface area contributed by atoms with Crippen LogP contribution in [-0.2, 0) is 0 Å². The Hall–Kier alpha value is -0.300. The molecule has 1 saturated carbocycles. The van der Waals surface area contributed by atoms with E-state index in [0.717, 1.165) is 12.8 Å². The van der Waals surface area contributed by atoms with Crippen molar-refractivity contribution < 1.29 is 5.11 Å².